The second-order valence-electron chi connectivity index (χ2n) is 7.99. The number of carbonyl (C=O) groups is 3. The molecule has 11 heteroatoms. The van der Waals surface area contributed by atoms with Crippen molar-refractivity contribution in [2.75, 3.05) is 20.1 Å². The topological polar surface area (TPSA) is 113 Å². The van der Waals surface area contributed by atoms with E-state index in [1.54, 1.807) is 0 Å². The third-order valence-corrected chi connectivity index (χ3v) is 7.71. The summed E-state index contributed by atoms with van der Waals surface area (Å²) in [6.07, 6.45) is 0.434. The molecule has 1 aliphatic rings. The summed E-state index contributed by atoms with van der Waals surface area (Å²) in [5.74, 6) is -4.04. The van der Waals surface area contributed by atoms with E-state index in [-0.39, 0.29) is 42.2 Å². The molecule has 1 aliphatic heterocycles. The quantitative estimate of drug-likeness (QED) is 0.574. The smallest absolute Gasteiger partial charge is 0.246 e. The molecule has 1 heterocycles. The Morgan fingerprint density at radius 1 is 1.00 bits per heavy atom. The van der Waals surface area contributed by atoms with E-state index >= 15 is 0 Å². The second-order valence-corrected chi connectivity index (χ2v) is 9.93. The van der Waals surface area contributed by atoms with Gasteiger partial charge in [-0.25, -0.2) is 17.2 Å². The van der Waals surface area contributed by atoms with Crippen molar-refractivity contribution < 1.29 is 31.6 Å². The van der Waals surface area contributed by atoms with Gasteiger partial charge in [-0.2, -0.15) is 4.31 Å². The fourth-order valence-corrected chi connectivity index (χ4v) is 5.24. The highest BCUT2D eigenvalue weighted by molar-refractivity contribution is 7.89. The third kappa shape index (κ3) is 5.48. The van der Waals surface area contributed by atoms with E-state index in [0.29, 0.717) is 5.56 Å². The molecule has 3 rings (SSSR count). The molecular formula is C23H25F2N3O5S. The van der Waals surface area contributed by atoms with E-state index in [9.17, 15) is 31.6 Å². The lowest BCUT2D eigenvalue weighted by Crippen LogP contribution is -2.46. The maximum atomic E-state index is 13.7. The Kier molecular flexibility index (Phi) is 7.78. The summed E-state index contributed by atoms with van der Waals surface area (Å²) >= 11 is 0. The van der Waals surface area contributed by atoms with Crippen LogP contribution in [0.2, 0.25) is 0 Å². The lowest BCUT2D eigenvalue weighted by Gasteiger charge is -2.31. The number of ketones is 1. The zero-order valence-electron chi connectivity index (χ0n) is 18.7. The number of sulfonamides is 1. The molecule has 0 aliphatic carbocycles. The molecule has 0 radical (unpaired) electrons. The van der Waals surface area contributed by atoms with Crippen molar-refractivity contribution in [2.45, 2.75) is 30.7 Å². The summed E-state index contributed by atoms with van der Waals surface area (Å²) in [4.78, 5) is 36.6. The van der Waals surface area contributed by atoms with E-state index in [1.807, 2.05) is 0 Å². The molecule has 0 spiro atoms. The van der Waals surface area contributed by atoms with Gasteiger partial charge < -0.3 is 10.6 Å². The van der Waals surface area contributed by atoms with Gasteiger partial charge in [0.2, 0.25) is 21.8 Å². The number of hydrogen-bond acceptors (Lipinski definition) is 5. The fraction of sp³-hybridized carbons (Fsp3) is 0.348. The molecule has 1 fully saturated rings. The van der Waals surface area contributed by atoms with Crippen LogP contribution in [-0.4, -0.2) is 50.5 Å². The van der Waals surface area contributed by atoms with Crippen LogP contribution < -0.4 is 10.6 Å². The van der Waals surface area contributed by atoms with E-state index in [1.165, 1.54) is 48.6 Å². The number of halogens is 2. The molecule has 2 aromatic carbocycles. The Bertz CT molecular complexity index is 1190. The van der Waals surface area contributed by atoms with Gasteiger partial charge in [0, 0.05) is 31.6 Å². The third-order valence-electron chi connectivity index (χ3n) is 5.80. The van der Waals surface area contributed by atoms with E-state index in [2.05, 4.69) is 10.6 Å². The first-order chi connectivity index (χ1) is 16.0. The summed E-state index contributed by atoms with van der Waals surface area (Å²) in [5.41, 5.74) is 0.488. The van der Waals surface area contributed by atoms with Crippen LogP contribution in [0, 0.1) is 17.6 Å². The molecule has 1 unspecified atom stereocenters. The molecule has 8 nitrogen and oxygen atoms in total. The van der Waals surface area contributed by atoms with Gasteiger partial charge in [-0.1, -0.05) is 18.2 Å². The molecule has 1 atom stereocenters. The summed E-state index contributed by atoms with van der Waals surface area (Å²) in [5, 5.41) is 4.95. The van der Waals surface area contributed by atoms with Crippen molar-refractivity contribution in [3.8, 4) is 0 Å². The lowest BCUT2D eigenvalue weighted by atomic mass is 9.96. The van der Waals surface area contributed by atoms with Gasteiger partial charge in [0.25, 0.3) is 0 Å². The van der Waals surface area contributed by atoms with Gasteiger partial charge in [-0.15, -0.1) is 0 Å². The summed E-state index contributed by atoms with van der Waals surface area (Å²) in [6, 6.07) is 7.36. The minimum atomic E-state index is -3.80. The Morgan fingerprint density at radius 3 is 2.15 bits per heavy atom. The number of Topliss-reactive ketones (excluding diaryl/α,β-unsaturated/α-hetero) is 1. The molecule has 0 bridgehead atoms. The Balaban J connectivity index is 1.67. The van der Waals surface area contributed by atoms with Crippen molar-refractivity contribution in [1.29, 1.82) is 0 Å². The zero-order chi connectivity index (χ0) is 25.0. The normalized spacial score (nSPS) is 16.0. The highest BCUT2D eigenvalue weighted by Gasteiger charge is 2.34. The van der Waals surface area contributed by atoms with Crippen LogP contribution in [0.5, 0.6) is 0 Å². The number of carbonyl (C=O) groups excluding carboxylic acids is 3. The molecule has 0 saturated carbocycles. The van der Waals surface area contributed by atoms with Crippen molar-refractivity contribution in [2.24, 2.45) is 5.92 Å². The number of likely N-dealkylation sites (N-methyl/N-ethyl adjacent to an activating group) is 1. The van der Waals surface area contributed by atoms with Crippen molar-refractivity contribution in [3.05, 3.63) is 65.2 Å². The minimum absolute atomic E-state index is 0.0541. The van der Waals surface area contributed by atoms with Crippen LogP contribution in [0.1, 0.15) is 41.7 Å². The maximum absolute atomic E-state index is 13.7. The highest BCUT2D eigenvalue weighted by atomic mass is 32.2. The van der Waals surface area contributed by atoms with Gasteiger partial charge in [0.05, 0.1) is 4.90 Å². The Hall–Kier alpha value is -3.18. The van der Waals surface area contributed by atoms with Gasteiger partial charge in [-0.05, 0) is 49.6 Å². The van der Waals surface area contributed by atoms with Crippen LogP contribution in [0.3, 0.4) is 0 Å². The molecule has 34 heavy (non-hydrogen) atoms. The molecule has 2 amide bonds. The van der Waals surface area contributed by atoms with Gasteiger partial charge in [-0.3, -0.25) is 14.4 Å². The molecule has 1 saturated heterocycles. The molecule has 0 aromatic heterocycles. The average Bonchev–Trinajstić information content (AvgIpc) is 2.83. The largest absolute Gasteiger partial charge is 0.357 e. The van der Waals surface area contributed by atoms with Crippen LogP contribution in [0.4, 0.5) is 8.78 Å². The number of nitrogens with one attached hydrogen (secondary N) is 2. The monoisotopic (exact) mass is 493 g/mol. The fourth-order valence-electron chi connectivity index (χ4n) is 3.77. The van der Waals surface area contributed by atoms with Crippen molar-refractivity contribution >= 4 is 27.6 Å². The predicted octanol–water partition coefficient (Wildman–Crippen LogP) is 2.17. The van der Waals surface area contributed by atoms with Crippen LogP contribution >= 0.6 is 0 Å². The number of hydrogen-bond donors (Lipinski definition) is 2. The lowest BCUT2D eigenvalue weighted by molar-refractivity contribution is -0.131. The van der Waals surface area contributed by atoms with Crippen molar-refractivity contribution in [3.63, 3.8) is 0 Å². The summed E-state index contributed by atoms with van der Waals surface area (Å²) < 4.78 is 54.0. The predicted molar refractivity (Wildman–Crippen MR) is 119 cm³/mol. The number of nitrogens with zero attached hydrogens (tertiary/aromatic N) is 1. The molecule has 182 valence electrons. The highest BCUT2D eigenvalue weighted by Crippen LogP contribution is 2.25. The van der Waals surface area contributed by atoms with Crippen LogP contribution in [0.25, 0.3) is 0 Å². The van der Waals surface area contributed by atoms with Gasteiger partial charge >= 0.3 is 0 Å². The average molecular weight is 494 g/mol. The summed E-state index contributed by atoms with van der Waals surface area (Å²) in [6.45, 7) is 1.57. The van der Waals surface area contributed by atoms with E-state index < -0.39 is 45.4 Å². The van der Waals surface area contributed by atoms with Gasteiger partial charge in [0.15, 0.2) is 17.4 Å². The SMILES string of the molecule is CNC(=O)C(NC(=O)C1CCN(S(=O)(=O)c2ccc(C(C)=O)cc2)CC1)c1ccc(F)c(F)c1. The maximum Gasteiger partial charge on any atom is 0.246 e. The Morgan fingerprint density at radius 2 is 1.62 bits per heavy atom. The van der Waals surface area contributed by atoms with Crippen LogP contribution in [0.15, 0.2) is 47.4 Å². The Labute approximate surface area is 196 Å². The van der Waals surface area contributed by atoms with E-state index in [4.69, 9.17) is 0 Å². The molecular weight excluding hydrogens is 468 g/mol. The minimum Gasteiger partial charge on any atom is -0.357 e. The first kappa shape index (κ1) is 25.4. The van der Waals surface area contributed by atoms with Gasteiger partial charge in [0.1, 0.15) is 6.04 Å². The number of amides is 2. The molecule has 2 N–H and O–H groups in total. The van der Waals surface area contributed by atoms with Crippen LogP contribution in [-0.2, 0) is 19.6 Å². The second kappa shape index (κ2) is 10.4. The number of benzene rings is 2. The number of rotatable bonds is 7. The molecule has 2 aromatic rings. The standard InChI is InChI=1S/C23H25F2N3O5S/c1-14(29)15-3-6-18(7-4-15)34(32,33)28-11-9-16(10-12-28)22(30)27-21(23(31)26-2)17-5-8-19(24)20(25)13-17/h3-8,13,16,21H,9-12H2,1-2H3,(H,26,31)(H,27,30). The van der Waals surface area contributed by atoms with Crippen molar-refractivity contribution in [1.82, 2.24) is 14.9 Å². The summed E-state index contributed by atoms with van der Waals surface area (Å²) in [7, 11) is -2.44. The van der Waals surface area contributed by atoms with E-state index in [0.717, 1.165) is 12.1 Å². The first-order valence-electron chi connectivity index (χ1n) is 10.6. The number of piperidine rings is 1. The zero-order valence-corrected chi connectivity index (χ0v) is 19.5. The first-order valence-corrected chi connectivity index (χ1v) is 12.1.